The Hall–Kier alpha value is -0.530. The van der Waals surface area contributed by atoms with Gasteiger partial charge in [-0.05, 0) is 71.2 Å². The van der Waals surface area contributed by atoms with Gasteiger partial charge in [0.25, 0.3) is 0 Å². The standard InChI is InChI=1S/C17H26ClFN2O2S/c1-10-9-12(22)13(15(19)14(10)18)16(11-5-7-20-8-6-11)21-24(23)17(2,3)4/h9,11,16,20-22H,5-8H2,1-4H3/t16-,24?/m1/s1. The molecule has 24 heavy (non-hydrogen) atoms. The molecule has 4 nitrogen and oxygen atoms in total. The normalized spacial score (nSPS) is 19.3. The lowest BCUT2D eigenvalue weighted by Gasteiger charge is -2.35. The highest BCUT2D eigenvalue weighted by Gasteiger charge is 2.37. The molecule has 1 aromatic rings. The molecule has 0 bridgehead atoms. The first-order valence-corrected chi connectivity index (χ1v) is 9.72. The van der Waals surface area contributed by atoms with Gasteiger partial charge in [0.2, 0.25) is 0 Å². The van der Waals surface area contributed by atoms with Crippen molar-refractivity contribution in [2.24, 2.45) is 5.92 Å². The van der Waals surface area contributed by atoms with Crippen LogP contribution in [0.1, 0.15) is 50.8 Å². The monoisotopic (exact) mass is 376 g/mol. The zero-order valence-corrected chi connectivity index (χ0v) is 16.2. The molecular weight excluding hydrogens is 351 g/mol. The molecule has 3 N–H and O–H groups in total. The molecule has 0 saturated carbocycles. The minimum atomic E-state index is -1.39. The lowest BCUT2D eigenvalue weighted by atomic mass is 9.85. The molecule has 0 aromatic heterocycles. The van der Waals surface area contributed by atoms with E-state index in [1.807, 2.05) is 20.8 Å². The van der Waals surface area contributed by atoms with E-state index in [1.54, 1.807) is 6.92 Å². The molecule has 1 fully saturated rings. The molecule has 1 saturated heterocycles. The Labute approximate surface area is 151 Å². The van der Waals surface area contributed by atoms with E-state index >= 15 is 0 Å². The molecular formula is C17H26ClFN2O2S. The van der Waals surface area contributed by atoms with E-state index in [0.29, 0.717) is 5.56 Å². The number of rotatable bonds is 4. The van der Waals surface area contributed by atoms with E-state index in [-0.39, 0.29) is 22.3 Å². The molecule has 1 heterocycles. The van der Waals surface area contributed by atoms with Gasteiger partial charge >= 0.3 is 0 Å². The summed E-state index contributed by atoms with van der Waals surface area (Å²) in [5, 5.41) is 13.6. The van der Waals surface area contributed by atoms with Crippen molar-refractivity contribution in [3.05, 3.63) is 28.0 Å². The fraction of sp³-hybridized carbons (Fsp3) is 0.647. The zero-order valence-electron chi connectivity index (χ0n) is 14.6. The zero-order chi connectivity index (χ0) is 18.1. The first-order chi connectivity index (χ1) is 11.1. The average molecular weight is 377 g/mol. The van der Waals surface area contributed by atoms with Crippen LogP contribution in [0.4, 0.5) is 4.39 Å². The number of nitrogens with one attached hydrogen (secondary N) is 2. The first kappa shape index (κ1) is 19.8. The van der Waals surface area contributed by atoms with Crippen molar-refractivity contribution < 1.29 is 14.0 Å². The highest BCUT2D eigenvalue weighted by Crippen LogP contribution is 2.40. The van der Waals surface area contributed by atoms with Gasteiger partial charge < -0.3 is 15.0 Å². The summed E-state index contributed by atoms with van der Waals surface area (Å²) in [6, 6.07) is 0.918. The van der Waals surface area contributed by atoms with Crippen molar-refractivity contribution in [2.75, 3.05) is 13.1 Å². The van der Waals surface area contributed by atoms with E-state index < -0.39 is 28.0 Å². The highest BCUT2D eigenvalue weighted by molar-refractivity contribution is 7.90. The number of piperidine rings is 1. The van der Waals surface area contributed by atoms with Gasteiger partial charge in [0.05, 0.1) is 16.6 Å². The third-order valence-electron chi connectivity index (χ3n) is 4.36. The van der Waals surface area contributed by atoms with Gasteiger partial charge in [-0.15, -0.1) is 4.72 Å². The van der Waals surface area contributed by atoms with E-state index in [9.17, 15) is 14.0 Å². The van der Waals surface area contributed by atoms with Gasteiger partial charge in [0.15, 0.2) is 5.82 Å². The Balaban J connectivity index is 2.44. The van der Waals surface area contributed by atoms with Crippen LogP contribution in [-0.2, 0) is 11.4 Å². The number of hydrogen-bond donors (Lipinski definition) is 3. The fourth-order valence-corrected chi connectivity index (χ4v) is 3.96. The molecule has 1 aromatic carbocycles. The van der Waals surface area contributed by atoms with Crippen LogP contribution in [0.25, 0.3) is 0 Å². The lowest BCUT2D eigenvalue weighted by molar-refractivity contribution is 0.293. The summed E-state index contributed by atoms with van der Waals surface area (Å²) in [6.07, 6.45) is 1.62. The van der Waals surface area contributed by atoms with Gasteiger partial charge in [-0.1, -0.05) is 11.6 Å². The predicted octanol–water partition coefficient (Wildman–Crippen LogP) is 3.59. The summed E-state index contributed by atoms with van der Waals surface area (Å²) >= 11 is 4.67. The van der Waals surface area contributed by atoms with Crippen molar-refractivity contribution in [1.82, 2.24) is 10.0 Å². The SMILES string of the molecule is Cc1cc(O)c([C@H](N[S+]([O-])C(C)(C)C)C2CCNCC2)c(F)c1Cl. The fourth-order valence-electron chi connectivity index (χ4n) is 2.91. The van der Waals surface area contributed by atoms with Crippen molar-refractivity contribution in [3.63, 3.8) is 0 Å². The second-order valence-electron chi connectivity index (χ2n) is 7.32. The molecule has 2 rings (SSSR count). The van der Waals surface area contributed by atoms with Crippen LogP contribution in [0.3, 0.4) is 0 Å². The largest absolute Gasteiger partial charge is 0.598 e. The molecule has 0 radical (unpaired) electrons. The summed E-state index contributed by atoms with van der Waals surface area (Å²) in [5.41, 5.74) is 0.603. The molecule has 0 spiro atoms. The lowest BCUT2D eigenvalue weighted by Crippen LogP contribution is -2.45. The first-order valence-electron chi connectivity index (χ1n) is 8.19. The maximum atomic E-state index is 14.8. The smallest absolute Gasteiger partial charge is 0.150 e. The predicted molar refractivity (Wildman–Crippen MR) is 97.2 cm³/mol. The summed E-state index contributed by atoms with van der Waals surface area (Å²) in [5.74, 6) is -0.704. The van der Waals surface area contributed by atoms with Gasteiger partial charge in [-0.2, -0.15) is 0 Å². The Morgan fingerprint density at radius 1 is 1.42 bits per heavy atom. The van der Waals surface area contributed by atoms with Gasteiger partial charge in [-0.3, -0.25) is 0 Å². The topological polar surface area (TPSA) is 67.3 Å². The number of aryl methyl sites for hydroxylation is 1. The molecule has 2 atom stereocenters. The maximum absolute atomic E-state index is 14.8. The summed E-state index contributed by atoms with van der Waals surface area (Å²) < 4.78 is 30.0. The second-order valence-corrected chi connectivity index (χ2v) is 9.69. The van der Waals surface area contributed by atoms with Crippen molar-refractivity contribution in [1.29, 1.82) is 0 Å². The van der Waals surface area contributed by atoms with Gasteiger partial charge in [0.1, 0.15) is 10.5 Å². The molecule has 1 unspecified atom stereocenters. The number of hydrogen-bond acceptors (Lipinski definition) is 4. The van der Waals surface area contributed by atoms with E-state index in [2.05, 4.69) is 10.0 Å². The van der Waals surface area contributed by atoms with Crippen LogP contribution < -0.4 is 10.0 Å². The quantitative estimate of drug-likeness (QED) is 0.702. The Morgan fingerprint density at radius 2 is 2.00 bits per heavy atom. The number of aromatic hydroxyl groups is 1. The number of halogens is 2. The van der Waals surface area contributed by atoms with Crippen LogP contribution in [0.15, 0.2) is 6.07 Å². The minimum Gasteiger partial charge on any atom is -0.598 e. The summed E-state index contributed by atoms with van der Waals surface area (Å²) in [4.78, 5) is 0. The minimum absolute atomic E-state index is 0.00470. The van der Waals surface area contributed by atoms with E-state index in [1.165, 1.54) is 6.07 Å². The summed E-state index contributed by atoms with van der Waals surface area (Å²) in [6.45, 7) is 8.84. The molecule has 0 amide bonds. The second kappa shape index (κ2) is 7.79. The summed E-state index contributed by atoms with van der Waals surface area (Å²) in [7, 11) is 0. The molecule has 1 aliphatic heterocycles. The van der Waals surface area contributed by atoms with E-state index in [0.717, 1.165) is 25.9 Å². The highest BCUT2D eigenvalue weighted by atomic mass is 35.5. The number of phenols is 1. The van der Waals surface area contributed by atoms with E-state index in [4.69, 9.17) is 11.6 Å². The van der Waals surface area contributed by atoms with Crippen LogP contribution >= 0.6 is 11.6 Å². The van der Waals surface area contributed by atoms with Gasteiger partial charge in [-0.25, -0.2) is 4.39 Å². The van der Waals surface area contributed by atoms with Crippen molar-refractivity contribution >= 4 is 23.0 Å². The number of phenolic OH excluding ortho intramolecular Hbond substituents is 1. The molecule has 136 valence electrons. The third kappa shape index (κ3) is 4.35. The average Bonchev–Trinajstić information content (AvgIpc) is 2.51. The van der Waals surface area contributed by atoms with Gasteiger partial charge in [0, 0.05) is 11.4 Å². The van der Waals surface area contributed by atoms with Crippen LogP contribution in [0, 0.1) is 18.7 Å². The molecule has 7 heteroatoms. The maximum Gasteiger partial charge on any atom is 0.150 e. The van der Waals surface area contributed by atoms with Crippen molar-refractivity contribution in [3.8, 4) is 5.75 Å². The van der Waals surface area contributed by atoms with Crippen molar-refractivity contribution in [2.45, 2.75) is 51.3 Å². The number of benzene rings is 1. The Bertz CT molecular complexity index is 589. The third-order valence-corrected chi connectivity index (χ3v) is 6.41. The Morgan fingerprint density at radius 3 is 2.54 bits per heavy atom. The van der Waals surface area contributed by atoms with Crippen LogP contribution in [0.5, 0.6) is 5.75 Å². The Kier molecular flexibility index (Phi) is 6.42. The van der Waals surface area contributed by atoms with Crippen LogP contribution in [0.2, 0.25) is 5.02 Å². The molecule has 1 aliphatic rings. The molecule has 0 aliphatic carbocycles. The van der Waals surface area contributed by atoms with Crippen LogP contribution in [-0.4, -0.2) is 27.5 Å².